The number of anilines is 1. The van der Waals surface area contributed by atoms with Crippen molar-refractivity contribution < 1.29 is 4.79 Å². The van der Waals surface area contributed by atoms with Crippen LogP contribution in [0.4, 0.5) is 5.69 Å². The molecule has 0 aliphatic carbocycles. The van der Waals surface area contributed by atoms with Crippen molar-refractivity contribution in [3.05, 3.63) is 30.1 Å². The smallest absolute Gasteiger partial charge is 0.224 e. The van der Waals surface area contributed by atoms with Crippen molar-refractivity contribution in [2.45, 2.75) is 69.6 Å². The molecule has 1 aromatic carbocycles. The Bertz CT molecular complexity index is 784. The van der Waals surface area contributed by atoms with E-state index in [0.29, 0.717) is 6.42 Å². The zero-order valence-electron chi connectivity index (χ0n) is 16.2. The van der Waals surface area contributed by atoms with E-state index in [1.807, 2.05) is 45.9 Å². The summed E-state index contributed by atoms with van der Waals surface area (Å²) in [6.07, 6.45) is 9.92. The van der Waals surface area contributed by atoms with Crippen LogP contribution in [-0.4, -0.2) is 31.7 Å². The minimum Gasteiger partial charge on any atom is -0.326 e. The van der Waals surface area contributed by atoms with Gasteiger partial charge in [0.15, 0.2) is 5.82 Å². The second-order valence-electron chi connectivity index (χ2n) is 7.60. The molecule has 1 amide bonds. The highest BCUT2D eigenvalue weighted by Crippen LogP contribution is 2.39. The summed E-state index contributed by atoms with van der Waals surface area (Å²) >= 11 is 0. The average Bonchev–Trinajstić information content (AvgIpc) is 3.31. The van der Waals surface area contributed by atoms with Gasteiger partial charge in [0.2, 0.25) is 5.91 Å². The van der Waals surface area contributed by atoms with E-state index in [1.165, 1.54) is 37.9 Å². The molecule has 0 spiro atoms. The molecule has 5 nitrogen and oxygen atoms in total. The molecule has 2 aliphatic rings. The molecule has 3 heterocycles. The lowest BCUT2D eigenvalue weighted by atomic mass is 10.1. The highest BCUT2D eigenvalue weighted by Gasteiger charge is 2.17. The van der Waals surface area contributed by atoms with Crippen LogP contribution in [0.1, 0.15) is 57.2 Å². The number of aromatic nitrogens is 3. The van der Waals surface area contributed by atoms with E-state index in [1.54, 1.807) is 0 Å². The van der Waals surface area contributed by atoms with E-state index >= 15 is 0 Å². The lowest BCUT2D eigenvalue weighted by Gasteiger charge is -2.09. The monoisotopic (exact) mass is 416 g/mol. The van der Waals surface area contributed by atoms with E-state index in [0.717, 1.165) is 54.0 Å². The zero-order chi connectivity index (χ0) is 19.2. The van der Waals surface area contributed by atoms with Crippen LogP contribution >= 0.6 is 21.6 Å². The molecule has 4 rings (SSSR count). The van der Waals surface area contributed by atoms with Crippen LogP contribution in [-0.2, 0) is 17.8 Å². The molecule has 28 heavy (non-hydrogen) atoms. The predicted molar refractivity (Wildman–Crippen MR) is 119 cm³/mol. The SMILES string of the molecule is O=C(CCCC[C@@H]1CCSS1)Nc1ccc(-c2nnc3n2CCCCC3)cc1. The summed E-state index contributed by atoms with van der Waals surface area (Å²) < 4.78 is 2.25. The number of unbranched alkanes of at least 4 members (excludes halogenated alkanes) is 1. The molecule has 1 N–H and O–H groups in total. The molecule has 1 saturated heterocycles. The molecule has 2 aliphatic heterocycles. The fourth-order valence-electron chi connectivity index (χ4n) is 3.85. The van der Waals surface area contributed by atoms with Crippen molar-refractivity contribution in [3.63, 3.8) is 0 Å². The van der Waals surface area contributed by atoms with Gasteiger partial charge in [-0.15, -0.1) is 10.2 Å². The Labute approximate surface area is 174 Å². The number of nitrogens with zero attached hydrogens (tertiary/aromatic N) is 3. The fourth-order valence-corrected chi connectivity index (χ4v) is 6.87. The first kappa shape index (κ1) is 19.8. The Kier molecular flexibility index (Phi) is 6.96. The van der Waals surface area contributed by atoms with Crippen molar-refractivity contribution in [2.24, 2.45) is 0 Å². The molecule has 2 aromatic rings. The first-order valence-corrected chi connectivity index (χ1v) is 12.8. The Morgan fingerprint density at radius 2 is 2.04 bits per heavy atom. The van der Waals surface area contributed by atoms with Crippen LogP contribution in [0.3, 0.4) is 0 Å². The van der Waals surface area contributed by atoms with Gasteiger partial charge >= 0.3 is 0 Å². The molecule has 0 unspecified atom stereocenters. The van der Waals surface area contributed by atoms with Gasteiger partial charge in [-0.2, -0.15) is 0 Å². The van der Waals surface area contributed by atoms with E-state index in [4.69, 9.17) is 0 Å². The van der Waals surface area contributed by atoms with Crippen LogP contribution in [0.2, 0.25) is 0 Å². The lowest BCUT2D eigenvalue weighted by molar-refractivity contribution is -0.116. The predicted octanol–water partition coefficient (Wildman–Crippen LogP) is 5.32. The Balaban J connectivity index is 1.27. The molecule has 0 radical (unpaired) electrons. The highest BCUT2D eigenvalue weighted by atomic mass is 33.1. The summed E-state index contributed by atoms with van der Waals surface area (Å²) in [6.45, 7) is 0.994. The normalized spacial score (nSPS) is 19.2. The molecule has 7 heteroatoms. The van der Waals surface area contributed by atoms with Gasteiger partial charge in [0, 0.05) is 41.6 Å². The Hall–Kier alpha value is -1.47. The minimum absolute atomic E-state index is 0.109. The van der Waals surface area contributed by atoms with Gasteiger partial charge in [-0.1, -0.05) is 34.4 Å². The summed E-state index contributed by atoms with van der Waals surface area (Å²) in [5.74, 6) is 3.43. The molecular formula is C21H28N4OS2. The Morgan fingerprint density at radius 3 is 2.86 bits per heavy atom. The number of carbonyl (C=O) groups excluding carboxylic acids is 1. The fraction of sp³-hybridized carbons (Fsp3) is 0.571. The summed E-state index contributed by atoms with van der Waals surface area (Å²) in [4.78, 5) is 12.2. The van der Waals surface area contributed by atoms with Crippen molar-refractivity contribution >= 4 is 33.2 Å². The summed E-state index contributed by atoms with van der Waals surface area (Å²) in [7, 11) is 4.00. The van der Waals surface area contributed by atoms with E-state index in [9.17, 15) is 4.79 Å². The number of hydrogen-bond acceptors (Lipinski definition) is 5. The van der Waals surface area contributed by atoms with Crippen LogP contribution < -0.4 is 5.32 Å². The minimum atomic E-state index is 0.109. The number of benzene rings is 1. The molecule has 1 aromatic heterocycles. The number of aryl methyl sites for hydroxylation is 1. The van der Waals surface area contributed by atoms with Crippen LogP contribution in [0, 0.1) is 0 Å². The third kappa shape index (κ3) is 5.11. The number of nitrogens with one attached hydrogen (secondary N) is 1. The number of fused-ring (bicyclic) bond motifs is 1. The number of hydrogen-bond donors (Lipinski definition) is 1. The average molecular weight is 417 g/mol. The molecule has 0 bridgehead atoms. The molecule has 1 atom stereocenters. The van der Waals surface area contributed by atoms with Gasteiger partial charge in [0.25, 0.3) is 0 Å². The first-order valence-electron chi connectivity index (χ1n) is 10.4. The molecular weight excluding hydrogens is 388 g/mol. The van der Waals surface area contributed by atoms with Crippen molar-refractivity contribution in [3.8, 4) is 11.4 Å². The second-order valence-corrected chi connectivity index (χ2v) is 10.4. The molecule has 1 fully saturated rings. The maximum absolute atomic E-state index is 12.2. The largest absolute Gasteiger partial charge is 0.326 e. The summed E-state index contributed by atoms with van der Waals surface area (Å²) in [6, 6.07) is 8.01. The Morgan fingerprint density at radius 1 is 1.14 bits per heavy atom. The quantitative estimate of drug-likeness (QED) is 0.489. The zero-order valence-corrected chi connectivity index (χ0v) is 17.9. The van der Waals surface area contributed by atoms with Gasteiger partial charge in [-0.3, -0.25) is 4.79 Å². The summed E-state index contributed by atoms with van der Waals surface area (Å²) in [5.41, 5.74) is 1.91. The topological polar surface area (TPSA) is 59.8 Å². The third-order valence-corrected chi connectivity index (χ3v) is 8.45. The van der Waals surface area contributed by atoms with Crippen molar-refractivity contribution in [1.82, 2.24) is 14.8 Å². The maximum atomic E-state index is 12.2. The van der Waals surface area contributed by atoms with Gasteiger partial charge < -0.3 is 9.88 Å². The third-order valence-electron chi connectivity index (χ3n) is 5.44. The van der Waals surface area contributed by atoms with E-state index < -0.39 is 0 Å². The number of rotatable bonds is 7. The van der Waals surface area contributed by atoms with E-state index in [-0.39, 0.29) is 5.91 Å². The van der Waals surface area contributed by atoms with Crippen LogP contribution in [0.15, 0.2) is 24.3 Å². The molecule has 0 saturated carbocycles. The van der Waals surface area contributed by atoms with Gasteiger partial charge in [0.05, 0.1) is 0 Å². The standard InChI is InChI=1S/C21H28N4OS2/c26-20(8-4-3-6-18-13-15-27-28-18)22-17-11-9-16(10-12-17)21-24-23-19-7-2-1-5-14-25(19)21/h9-12,18H,1-8,13-15H2,(H,22,26)/t18-/m1/s1. The second kappa shape index (κ2) is 9.83. The number of amides is 1. The van der Waals surface area contributed by atoms with Gasteiger partial charge in [0.1, 0.15) is 5.82 Å². The first-order chi connectivity index (χ1) is 13.8. The highest BCUT2D eigenvalue weighted by molar-refractivity contribution is 8.77. The maximum Gasteiger partial charge on any atom is 0.224 e. The lowest BCUT2D eigenvalue weighted by Crippen LogP contribution is -2.11. The number of carbonyl (C=O) groups is 1. The van der Waals surface area contributed by atoms with Crippen molar-refractivity contribution in [2.75, 3.05) is 11.1 Å². The van der Waals surface area contributed by atoms with Gasteiger partial charge in [-0.25, -0.2) is 0 Å². The van der Waals surface area contributed by atoms with Gasteiger partial charge in [-0.05, 0) is 56.4 Å². The van der Waals surface area contributed by atoms with Crippen LogP contribution in [0.5, 0.6) is 0 Å². The van der Waals surface area contributed by atoms with E-state index in [2.05, 4.69) is 20.1 Å². The van der Waals surface area contributed by atoms with Crippen molar-refractivity contribution in [1.29, 1.82) is 0 Å². The van der Waals surface area contributed by atoms with Crippen LogP contribution in [0.25, 0.3) is 11.4 Å². The molecule has 150 valence electrons. The summed E-state index contributed by atoms with van der Waals surface area (Å²) in [5, 5.41) is 12.6.